The lowest BCUT2D eigenvalue weighted by Crippen LogP contribution is -2.03. The Labute approximate surface area is 122 Å². The van der Waals surface area contributed by atoms with Crippen molar-refractivity contribution in [3.63, 3.8) is 0 Å². The number of halogens is 2. The molecule has 0 aliphatic rings. The first-order chi connectivity index (χ1) is 9.61. The lowest BCUT2D eigenvalue weighted by atomic mass is 10.1. The Morgan fingerprint density at radius 3 is 2.75 bits per heavy atom. The highest BCUT2D eigenvalue weighted by Gasteiger charge is 2.11. The van der Waals surface area contributed by atoms with Crippen molar-refractivity contribution in [2.24, 2.45) is 0 Å². The number of ether oxygens (including phenoxy) is 1. The molecular weight excluding hydrogens is 279 g/mol. The predicted molar refractivity (Wildman–Crippen MR) is 76.8 cm³/mol. The highest BCUT2D eigenvalue weighted by molar-refractivity contribution is 6.31. The Morgan fingerprint density at radius 2 is 2.00 bits per heavy atom. The van der Waals surface area contributed by atoms with Gasteiger partial charge in [0, 0.05) is 17.0 Å². The second-order valence-electron chi connectivity index (χ2n) is 4.30. The average Bonchev–Trinajstić information content (AvgIpc) is 2.47. The van der Waals surface area contributed by atoms with Crippen LogP contribution in [-0.2, 0) is 6.61 Å². The Bertz CT molecular complexity index is 626. The molecule has 0 bridgehead atoms. The predicted octanol–water partition coefficient (Wildman–Crippen LogP) is 4.65. The number of hydrogen-bond acceptors (Lipinski definition) is 2. The van der Waals surface area contributed by atoms with Crippen LogP contribution in [0.15, 0.2) is 42.5 Å². The largest absolute Gasteiger partial charge is 0.488 e. The fourth-order valence-electron chi connectivity index (χ4n) is 1.82. The van der Waals surface area contributed by atoms with Gasteiger partial charge in [-0.3, -0.25) is 4.79 Å². The molecule has 0 saturated heterocycles. The molecule has 2 rings (SSSR count). The fraction of sp³-hybridized carbons (Fsp3) is 0.188. The standard InChI is InChI=1S/C16H14ClFO2/c1-2-15(19)13-5-3-4-6-16(13)20-10-11-9-12(18)7-8-14(11)17/h3-9H,2,10H2,1H3. The summed E-state index contributed by atoms with van der Waals surface area (Å²) in [6.45, 7) is 1.91. The Morgan fingerprint density at radius 1 is 1.25 bits per heavy atom. The van der Waals surface area contributed by atoms with Gasteiger partial charge >= 0.3 is 0 Å². The van der Waals surface area contributed by atoms with Crippen LogP contribution in [0.4, 0.5) is 4.39 Å². The van der Waals surface area contributed by atoms with E-state index >= 15 is 0 Å². The van der Waals surface area contributed by atoms with Gasteiger partial charge < -0.3 is 4.74 Å². The Balaban J connectivity index is 2.19. The van der Waals surface area contributed by atoms with Crippen molar-refractivity contribution >= 4 is 17.4 Å². The topological polar surface area (TPSA) is 26.3 Å². The molecule has 2 nitrogen and oxygen atoms in total. The second-order valence-corrected chi connectivity index (χ2v) is 4.70. The highest BCUT2D eigenvalue weighted by atomic mass is 35.5. The fourth-order valence-corrected chi connectivity index (χ4v) is 1.99. The molecule has 0 radical (unpaired) electrons. The molecule has 0 fully saturated rings. The van der Waals surface area contributed by atoms with Crippen molar-refractivity contribution in [2.75, 3.05) is 0 Å². The summed E-state index contributed by atoms with van der Waals surface area (Å²) in [7, 11) is 0. The number of Topliss-reactive ketones (excluding diaryl/α,β-unsaturated/α-hetero) is 1. The van der Waals surface area contributed by atoms with Gasteiger partial charge in [-0.15, -0.1) is 0 Å². The van der Waals surface area contributed by atoms with Gasteiger partial charge in [-0.05, 0) is 30.3 Å². The lowest BCUT2D eigenvalue weighted by Gasteiger charge is -2.11. The van der Waals surface area contributed by atoms with Crippen LogP contribution in [0.1, 0.15) is 29.3 Å². The Kier molecular flexibility index (Phi) is 4.74. The molecule has 0 aromatic heterocycles. The molecule has 0 atom stereocenters. The first-order valence-electron chi connectivity index (χ1n) is 6.30. The summed E-state index contributed by atoms with van der Waals surface area (Å²) in [6.07, 6.45) is 0.404. The molecule has 2 aromatic rings. The van der Waals surface area contributed by atoms with Crippen LogP contribution in [0.2, 0.25) is 5.02 Å². The minimum absolute atomic E-state index is 0.00550. The normalized spacial score (nSPS) is 10.3. The molecule has 20 heavy (non-hydrogen) atoms. The van der Waals surface area contributed by atoms with E-state index in [4.69, 9.17) is 16.3 Å². The number of rotatable bonds is 5. The second kappa shape index (κ2) is 6.53. The first-order valence-corrected chi connectivity index (χ1v) is 6.68. The lowest BCUT2D eigenvalue weighted by molar-refractivity contribution is 0.0983. The van der Waals surface area contributed by atoms with Crippen LogP contribution in [-0.4, -0.2) is 5.78 Å². The first kappa shape index (κ1) is 14.5. The zero-order valence-corrected chi connectivity index (χ0v) is 11.8. The van der Waals surface area contributed by atoms with E-state index in [1.54, 1.807) is 31.2 Å². The average molecular weight is 293 g/mol. The van der Waals surface area contributed by atoms with E-state index in [2.05, 4.69) is 0 Å². The highest BCUT2D eigenvalue weighted by Crippen LogP contribution is 2.23. The van der Waals surface area contributed by atoms with Crippen molar-refractivity contribution in [2.45, 2.75) is 20.0 Å². The molecular formula is C16H14ClFO2. The molecule has 0 unspecified atom stereocenters. The van der Waals surface area contributed by atoms with E-state index in [9.17, 15) is 9.18 Å². The quantitative estimate of drug-likeness (QED) is 0.750. The molecule has 0 saturated carbocycles. The summed E-state index contributed by atoms with van der Waals surface area (Å²) in [5.41, 5.74) is 1.08. The molecule has 0 amide bonds. The summed E-state index contributed by atoms with van der Waals surface area (Å²) in [5, 5.41) is 0.436. The summed E-state index contributed by atoms with van der Waals surface area (Å²) in [6, 6.07) is 11.1. The molecule has 2 aromatic carbocycles. The van der Waals surface area contributed by atoms with Crippen LogP contribution in [0, 0.1) is 5.82 Å². The third kappa shape index (κ3) is 3.36. The van der Waals surface area contributed by atoms with Crippen molar-refractivity contribution in [1.82, 2.24) is 0 Å². The summed E-state index contributed by atoms with van der Waals surface area (Å²) in [4.78, 5) is 11.8. The van der Waals surface area contributed by atoms with E-state index in [1.807, 2.05) is 0 Å². The van der Waals surface area contributed by atoms with Gasteiger partial charge in [0.15, 0.2) is 5.78 Å². The van der Waals surface area contributed by atoms with Gasteiger partial charge in [-0.25, -0.2) is 4.39 Å². The zero-order chi connectivity index (χ0) is 14.5. The molecule has 0 spiro atoms. The Hall–Kier alpha value is -1.87. The molecule has 0 N–H and O–H groups in total. The van der Waals surface area contributed by atoms with E-state index in [0.29, 0.717) is 28.3 Å². The molecule has 4 heteroatoms. The van der Waals surface area contributed by atoms with Gasteiger partial charge in [-0.2, -0.15) is 0 Å². The van der Waals surface area contributed by atoms with E-state index in [0.717, 1.165) is 0 Å². The van der Waals surface area contributed by atoms with Crippen LogP contribution >= 0.6 is 11.6 Å². The summed E-state index contributed by atoms with van der Waals surface area (Å²) in [5.74, 6) is 0.122. The minimum atomic E-state index is -0.370. The summed E-state index contributed by atoms with van der Waals surface area (Å²) < 4.78 is 18.8. The van der Waals surface area contributed by atoms with Gasteiger partial charge in [0.05, 0.1) is 5.56 Å². The maximum absolute atomic E-state index is 13.2. The molecule has 104 valence electrons. The van der Waals surface area contributed by atoms with Crippen LogP contribution in [0.5, 0.6) is 5.75 Å². The van der Waals surface area contributed by atoms with Gasteiger partial charge in [0.25, 0.3) is 0 Å². The van der Waals surface area contributed by atoms with Crippen molar-refractivity contribution < 1.29 is 13.9 Å². The number of ketones is 1. The van der Waals surface area contributed by atoms with Gasteiger partial charge in [0.1, 0.15) is 18.2 Å². The van der Waals surface area contributed by atoms with Crippen molar-refractivity contribution in [3.05, 3.63) is 64.4 Å². The monoisotopic (exact) mass is 292 g/mol. The molecule has 0 aliphatic carbocycles. The number of hydrogen-bond donors (Lipinski definition) is 0. The van der Waals surface area contributed by atoms with E-state index < -0.39 is 0 Å². The van der Waals surface area contributed by atoms with Gasteiger partial charge in [0.2, 0.25) is 0 Å². The van der Waals surface area contributed by atoms with Gasteiger partial charge in [-0.1, -0.05) is 30.7 Å². The SMILES string of the molecule is CCC(=O)c1ccccc1OCc1cc(F)ccc1Cl. The third-order valence-electron chi connectivity index (χ3n) is 2.90. The molecule has 0 aliphatic heterocycles. The van der Waals surface area contributed by atoms with Crippen LogP contribution in [0.3, 0.4) is 0 Å². The minimum Gasteiger partial charge on any atom is -0.488 e. The van der Waals surface area contributed by atoms with Crippen molar-refractivity contribution in [1.29, 1.82) is 0 Å². The maximum atomic E-state index is 13.2. The number of carbonyl (C=O) groups excluding carboxylic acids is 1. The maximum Gasteiger partial charge on any atom is 0.166 e. The van der Waals surface area contributed by atoms with Crippen molar-refractivity contribution in [3.8, 4) is 5.75 Å². The van der Waals surface area contributed by atoms with Crippen LogP contribution < -0.4 is 4.74 Å². The van der Waals surface area contributed by atoms with E-state index in [-0.39, 0.29) is 18.2 Å². The molecule has 0 heterocycles. The van der Waals surface area contributed by atoms with Crippen LogP contribution in [0.25, 0.3) is 0 Å². The number of carbonyl (C=O) groups is 1. The number of para-hydroxylation sites is 1. The smallest absolute Gasteiger partial charge is 0.166 e. The summed E-state index contributed by atoms with van der Waals surface area (Å²) >= 11 is 5.98. The third-order valence-corrected chi connectivity index (χ3v) is 3.27. The van der Waals surface area contributed by atoms with E-state index in [1.165, 1.54) is 18.2 Å². The number of benzene rings is 2. The zero-order valence-electron chi connectivity index (χ0n) is 11.0.